The van der Waals surface area contributed by atoms with E-state index in [1.54, 1.807) is 0 Å². The van der Waals surface area contributed by atoms with Gasteiger partial charge in [-0.1, -0.05) is 12.1 Å². The SMILES string of the molecule is Cc1ccc(C(=O)NCCC2CC3C4CC(CCNC(=O)c5ccc(C)c(C)c5)C(C4)C3C2)cc1C. The van der Waals surface area contributed by atoms with Crippen molar-refractivity contribution in [1.29, 1.82) is 0 Å². The Morgan fingerprint density at radius 3 is 1.81 bits per heavy atom. The lowest BCUT2D eigenvalue weighted by molar-refractivity contribution is 0.0940. The molecular formula is C32H42N2O2. The first-order valence-electron chi connectivity index (χ1n) is 14.0. The van der Waals surface area contributed by atoms with Gasteiger partial charge in [0.25, 0.3) is 11.8 Å². The number of hydrogen-bond donors (Lipinski definition) is 2. The molecular weight excluding hydrogens is 444 g/mol. The van der Waals surface area contributed by atoms with Crippen molar-refractivity contribution in [1.82, 2.24) is 10.6 Å². The zero-order valence-electron chi connectivity index (χ0n) is 22.4. The Labute approximate surface area is 216 Å². The number of rotatable bonds is 8. The summed E-state index contributed by atoms with van der Waals surface area (Å²) in [6.45, 7) is 9.84. The summed E-state index contributed by atoms with van der Waals surface area (Å²) in [5, 5.41) is 6.34. The highest BCUT2D eigenvalue weighted by molar-refractivity contribution is 5.94. The number of benzene rings is 2. The topological polar surface area (TPSA) is 58.2 Å². The third-order valence-electron chi connectivity index (χ3n) is 9.88. The summed E-state index contributed by atoms with van der Waals surface area (Å²) in [5.41, 5.74) is 6.33. The zero-order valence-corrected chi connectivity index (χ0v) is 22.4. The van der Waals surface area contributed by atoms with Crippen LogP contribution in [-0.4, -0.2) is 24.9 Å². The largest absolute Gasteiger partial charge is 0.352 e. The van der Waals surface area contributed by atoms with Gasteiger partial charge in [-0.2, -0.15) is 0 Å². The van der Waals surface area contributed by atoms with Gasteiger partial charge in [-0.3, -0.25) is 9.59 Å². The summed E-state index contributed by atoms with van der Waals surface area (Å²) in [6, 6.07) is 11.9. The third-order valence-corrected chi connectivity index (χ3v) is 9.88. The molecule has 3 saturated carbocycles. The maximum absolute atomic E-state index is 12.6. The summed E-state index contributed by atoms with van der Waals surface area (Å²) >= 11 is 0. The molecule has 3 aliphatic rings. The Balaban J connectivity index is 1.05. The van der Waals surface area contributed by atoms with Crippen LogP contribution in [0.5, 0.6) is 0 Å². The second-order valence-corrected chi connectivity index (χ2v) is 12.0. The highest BCUT2D eigenvalue weighted by Gasteiger charge is 2.55. The first kappa shape index (κ1) is 25.0. The molecule has 0 aromatic heterocycles. The average molecular weight is 487 g/mol. The van der Waals surface area contributed by atoms with Gasteiger partial charge in [0, 0.05) is 24.2 Å². The molecule has 0 heterocycles. The molecule has 192 valence electrons. The van der Waals surface area contributed by atoms with E-state index in [0.717, 1.165) is 72.6 Å². The number of hydrogen-bond acceptors (Lipinski definition) is 2. The second kappa shape index (κ2) is 10.4. The van der Waals surface area contributed by atoms with Crippen LogP contribution >= 0.6 is 0 Å². The van der Waals surface area contributed by atoms with Gasteiger partial charge in [0.2, 0.25) is 0 Å². The number of aryl methyl sites for hydroxylation is 4. The van der Waals surface area contributed by atoms with Crippen LogP contribution in [-0.2, 0) is 0 Å². The van der Waals surface area contributed by atoms with Gasteiger partial charge >= 0.3 is 0 Å². The minimum Gasteiger partial charge on any atom is -0.352 e. The van der Waals surface area contributed by atoms with Crippen LogP contribution in [0.4, 0.5) is 0 Å². The molecule has 36 heavy (non-hydrogen) atoms. The Hall–Kier alpha value is -2.62. The minimum absolute atomic E-state index is 0.0549. The molecule has 3 fully saturated rings. The number of fused-ring (bicyclic) bond motifs is 5. The molecule has 4 heteroatoms. The van der Waals surface area contributed by atoms with E-state index in [0.29, 0.717) is 0 Å². The van der Waals surface area contributed by atoms with Crippen LogP contribution in [0.15, 0.2) is 36.4 Å². The van der Waals surface area contributed by atoms with Crippen molar-refractivity contribution < 1.29 is 9.59 Å². The summed E-state index contributed by atoms with van der Waals surface area (Å²) in [7, 11) is 0. The summed E-state index contributed by atoms with van der Waals surface area (Å²) in [6.07, 6.45) is 7.64. The van der Waals surface area contributed by atoms with Gasteiger partial charge < -0.3 is 10.6 Å². The van der Waals surface area contributed by atoms with E-state index in [2.05, 4.69) is 38.3 Å². The molecule has 6 unspecified atom stereocenters. The molecule has 0 radical (unpaired) electrons. The van der Waals surface area contributed by atoms with Gasteiger partial charge in [0.1, 0.15) is 0 Å². The molecule has 0 aliphatic heterocycles. The number of amides is 2. The van der Waals surface area contributed by atoms with Gasteiger partial charge in [0.05, 0.1) is 0 Å². The van der Waals surface area contributed by atoms with Crippen molar-refractivity contribution in [2.24, 2.45) is 35.5 Å². The van der Waals surface area contributed by atoms with Crippen molar-refractivity contribution in [2.75, 3.05) is 13.1 Å². The van der Waals surface area contributed by atoms with Crippen LogP contribution in [0, 0.1) is 63.2 Å². The second-order valence-electron chi connectivity index (χ2n) is 12.0. The Kier molecular flexibility index (Phi) is 7.23. The lowest BCUT2D eigenvalue weighted by Gasteiger charge is -2.31. The van der Waals surface area contributed by atoms with Gasteiger partial charge in [-0.25, -0.2) is 0 Å². The number of carbonyl (C=O) groups excluding carboxylic acids is 2. The fraction of sp³-hybridized carbons (Fsp3) is 0.562. The molecule has 2 amide bonds. The predicted molar refractivity (Wildman–Crippen MR) is 145 cm³/mol. The third kappa shape index (κ3) is 5.10. The minimum atomic E-state index is 0.0549. The summed E-state index contributed by atoms with van der Waals surface area (Å²) in [4.78, 5) is 25.2. The first-order valence-corrected chi connectivity index (χ1v) is 14.0. The van der Waals surface area contributed by atoms with Crippen molar-refractivity contribution in [3.63, 3.8) is 0 Å². The average Bonchev–Trinajstić information content (AvgIpc) is 3.54. The molecule has 2 aromatic rings. The molecule has 2 bridgehead atoms. The van der Waals surface area contributed by atoms with E-state index in [1.165, 1.54) is 47.9 Å². The molecule has 2 aromatic carbocycles. The van der Waals surface area contributed by atoms with Crippen LogP contribution < -0.4 is 10.6 Å². The van der Waals surface area contributed by atoms with Crippen LogP contribution in [0.2, 0.25) is 0 Å². The Morgan fingerprint density at radius 2 is 1.22 bits per heavy atom. The van der Waals surface area contributed by atoms with E-state index in [-0.39, 0.29) is 11.8 Å². The van der Waals surface area contributed by atoms with E-state index in [1.807, 2.05) is 36.4 Å². The van der Waals surface area contributed by atoms with E-state index in [4.69, 9.17) is 0 Å². The van der Waals surface area contributed by atoms with Crippen molar-refractivity contribution in [3.8, 4) is 0 Å². The lowest BCUT2D eigenvalue weighted by atomic mass is 9.74. The van der Waals surface area contributed by atoms with Gasteiger partial charge in [0.15, 0.2) is 0 Å². The van der Waals surface area contributed by atoms with Crippen LogP contribution in [0.1, 0.15) is 81.5 Å². The molecule has 5 rings (SSSR count). The maximum Gasteiger partial charge on any atom is 0.251 e. The van der Waals surface area contributed by atoms with Crippen molar-refractivity contribution in [2.45, 2.75) is 66.2 Å². The van der Waals surface area contributed by atoms with Gasteiger partial charge in [-0.15, -0.1) is 0 Å². The van der Waals surface area contributed by atoms with Crippen molar-refractivity contribution in [3.05, 3.63) is 69.8 Å². The number of nitrogens with one attached hydrogen (secondary N) is 2. The van der Waals surface area contributed by atoms with E-state index >= 15 is 0 Å². The quantitative estimate of drug-likeness (QED) is 0.470. The number of carbonyl (C=O) groups is 2. The molecule has 3 aliphatic carbocycles. The maximum atomic E-state index is 12.6. The van der Waals surface area contributed by atoms with E-state index in [9.17, 15) is 9.59 Å². The highest BCUT2D eigenvalue weighted by Crippen LogP contribution is 2.63. The Morgan fingerprint density at radius 1 is 0.667 bits per heavy atom. The van der Waals surface area contributed by atoms with E-state index < -0.39 is 0 Å². The van der Waals surface area contributed by atoms with Crippen molar-refractivity contribution >= 4 is 11.8 Å². The summed E-state index contributed by atoms with van der Waals surface area (Å²) in [5.74, 6) is 5.11. The fourth-order valence-corrected chi connectivity index (χ4v) is 7.62. The zero-order chi connectivity index (χ0) is 25.4. The molecule has 0 spiro atoms. The monoisotopic (exact) mass is 486 g/mol. The fourth-order valence-electron chi connectivity index (χ4n) is 7.62. The lowest BCUT2D eigenvalue weighted by Crippen LogP contribution is -2.30. The molecule has 2 N–H and O–H groups in total. The highest BCUT2D eigenvalue weighted by atomic mass is 16.2. The molecule has 0 saturated heterocycles. The normalized spacial score (nSPS) is 28.2. The standard InChI is InChI=1S/C32H42N2O2/c1-19-5-7-25(13-21(19)3)31(35)33-11-9-23-15-28-27-17-24(29(18-27)30(28)16-23)10-12-34-32(36)26-8-6-20(2)22(4)14-26/h5-8,13-14,23-24,27-30H,9-12,15-18H2,1-4H3,(H,33,35)(H,34,36). The predicted octanol–water partition coefficient (Wildman–Crippen LogP) is 6.16. The first-order chi connectivity index (χ1) is 17.3. The molecule has 4 nitrogen and oxygen atoms in total. The summed E-state index contributed by atoms with van der Waals surface area (Å²) < 4.78 is 0. The Bertz CT molecular complexity index is 1140. The smallest absolute Gasteiger partial charge is 0.251 e. The van der Waals surface area contributed by atoms with Crippen LogP contribution in [0.25, 0.3) is 0 Å². The van der Waals surface area contributed by atoms with Gasteiger partial charge in [-0.05, 0) is 148 Å². The molecule has 6 atom stereocenters. The van der Waals surface area contributed by atoms with Crippen LogP contribution in [0.3, 0.4) is 0 Å².